The molecule has 0 aromatic heterocycles. The number of aromatic hydroxyl groups is 1. The fourth-order valence-corrected chi connectivity index (χ4v) is 2.82. The lowest BCUT2D eigenvalue weighted by atomic mass is 9.90. The first kappa shape index (κ1) is 21.7. The molecule has 1 aliphatic rings. The van der Waals surface area contributed by atoms with Crippen LogP contribution in [-0.4, -0.2) is 39.6 Å². The summed E-state index contributed by atoms with van der Waals surface area (Å²) < 4.78 is 10.9. The first-order valence-corrected chi connectivity index (χ1v) is 9.20. The molecule has 0 radical (unpaired) electrons. The van der Waals surface area contributed by atoms with Crippen molar-refractivity contribution in [3.63, 3.8) is 0 Å². The summed E-state index contributed by atoms with van der Waals surface area (Å²) in [5.74, 6) is -1.18. The second-order valence-electron chi connectivity index (χ2n) is 9.12. The Labute approximate surface area is 165 Å². The van der Waals surface area contributed by atoms with E-state index in [1.165, 1.54) is 6.07 Å². The van der Waals surface area contributed by atoms with E-state index in [9.17, 15) is 14.7 Å². The molecule has 154 valence electrons. The maximum absolute atomic E-state index is 12.9. The Morgan fingerprint density at radius 3 is 2.25 bits per heavy atom. The summed E-state index contributed by atoms with van der Waals surface area (Å²) in [6.45, 7) is 12.3. The predicted molar refractivity (Wildman–Crippen MR) is 104 cm³/mol. The number of nitrogens with zero attached hydrogens (tertiary/aromatic N) is 1. The smallest absolute Gasteiger partial charge is 0.354 e. The number of carbonyl (C=O) groups is 2. The summed E-state index contributed by atoms with van der Waals surface area (Å²) in [5, 5.41) is 13.9. The van der Waals surface area contributed by atoms with Gasteiger partial charge in [-0.15, -0.1) is 0 Å². The molecule has 1 atom stereocenters. The van der Waals surface area contributed by atoms with Crippen LogP contribution in [0, 0.1) is 6.92 Å². The Morgan fingerprint density at radius 2 is 1.71 bits per heavy atom. The Kier molecular flexibility index (Phi) is 5.78. The number of rotatable bonds is 4. The minimum absolute atomic E-state index is 0.0318. The van der Waals surface area contributed by atoms with Gasteiger partial charge in [0, 0.05) is 12.0 Å². The minimum atomic E-state index is -1.61. The highest BCUT2D eigenvalue weighted by molar-refractivity contribution is 6.06. The Balaban J connectivity index is 2.31. The molecule has 1 aromatic carbocycles. The van der Waals surface area contributed by atoms with Gasteiger partial charge in [0.2, 0.25) is 5.60 Å². The molecule has 0 saturated carbocycles. The predicted octanol–water partition coefficient (Wildman–Crippen LogP) is 3.64. The number of benzene rings is 1. The lowest BCUT2D eigenvalue weighted by Gasteiger charge is -2.29. The molecule has 0 saturated heterocycles. The van der Waals surface area contributed by atoms with E-state index in [4.69, 9.17) is 14.3 Å². The number of hydrogen-bond donors (Lipinski definition) is 1. The third kappa shape index (κ3) is 5.71. The monoisotopic (exact) mass is 391 g/mol. The van der Waals surface area contributed by atoms with Crippen molar-refractivity contribution in [1.82, 2.24) is 0 Å². The van der Waals surface area contributed by atoms with E-state index in [0.29, 0.717) is 11.3 Å². The Hall–Kier alpha value is -2.57. The first-order chi connectivity index (χ1) is 12.7. The van der Waals surface area contributed by atoms with E-state index < -0.39 is 28.7 Å². The average molecular weight is 391 g/mol. The molecule has 28 heavy (non-hydrogen) atoms. The largest absolute Gasteiger partial charge is 0.508 e. The van der Waals surface area contributed by atoms with Gasteiger partial charge in [0.05, 0.1) is 12.1 Å². The summed E-state index contributed by atoms with van der Waals surface area (Å²) in [4.78, 5) is 30.9. The van der Waals surface area contributed by atoms with Crippen LogP contribution in [0.5, 0.6) is 5.75 Å². The Morgan fingerprint density at radius 1 is 1.11 bits per heavy atom. The molecule has 1 aromatic rings. The molecule has 0 spiro atoms. The standard InChI is InChI=1S/C21H29NO6/c1-13-8-14(10-15(23)9-13)16-11-21(28-22-16,18(25)27-20(5,6)7)12-17(24)26-19(2,3)4/h8-10,23H,11-12H2,1-7H3. The molecule has 0 amide bonds. The van der Waals surface area contributed by atoms with Gasteiger partial charge in [-0.2, -0.15) is 0 Å². The van der Waals surface area contributed by atoms with Gasteiger partial charge < -0.3 is 19.4 Å². The molecule has 0 fully saturated rings. The molecule has 7 heteroatoms. The van der Waals surface area contributed by atoms with Crippen molar-refractivity contribution in [2.24, 2.45) is 5.16 Å². The van der Waals surface area contributed by atoms with E-state index in [2.05, 4.69) is 5.16 Å². The highest BCUT2D eigenvalue weighted by Crippen LogP contribution is 2.34. The molecule has 0 bridgehead atoms. The third-order valence-corrected chi connectivity index (χ3v) is 3.80. The second kappa shape index (κ2) is 7.45. The number of hydrogen-bond acceptors (Lipinski definition) is 7. The molecular weight excluding hydrogens is 362 g/mol. The number of aryl methyl sites for hydroxylation is 1. The van der Waals surface area contributed by atoms with Crippen molar-refractivity contribution >= 4 is 17.7 Å². The summed E-state index contributed by atoms with van der Waals surface area (Å²) in [6.07, 6.45) is -0.298. The van der Waals surface area contributed by atoms with Crippen molar-refractivity contribution < 1.29 is 29.0 Å². The first-order valence-electron chi connectivity index (χ1n) is 9.20. The molecule has 7 nitrogen and oxygen atoms in total. The van der Waals surface area contributed by atoms with Gasteiger partial charge in [-0.1, -0.05) is 5.16 Å². The van der Waals surface area contributed by atoms with Gasteiger partial charge in [0.15, 0.2) is 0 Å². The van der Waals surface area contributed by atoms with E-state index in [-0.39, 0.29) is 18.6 Å². The maximum atomic E-state index is 12.9. The van der Waals surface area contributed by atoms with Crippen molar-refractivity contribution in [3.8, 4) is 5.75 Å². The zero-order chi connectivity index (χ0) is 21.3. The van der Waals surface area contributed by atoms with Gasteiger partial charge >= 0.3 is 11.9 Å². The van der Waals surface area contributed by atoms with Gasteiger partial charge in [0.25, 0.3) is 0 Å². The van der Waals surface area contributed by atoms with Crippen molar-refractivity contribution in [2.75, 3.05) is 0 Å². The number of esters is 2. The zero-order valence-corrected chi connectivity index (χ0v) is 17.6. The van der Waals surface area contributed by atoms with Gasteiger partial charge in [-0.25, -0.2) is 4.79 Å². The quantitative estimate of drug-likeness (QED) is 0.788. The fraction of sp³-hybridized carbons (Fsp3) is 0.571. The molecule has 2 rings (SSSR count). The van der Waals surface area contributed by atoms with Crippen molar-refractivity contribution in [1.29, 1.82) is 0 Å². The van der Waals surface area contributed by atoms with E-state index in [1.54, 1.807) is 47.6 Å². The van der Waals surface area contributed by atoms with Gasteiger partial charge in [-0.3, -0.25) is 4.79 Å². The van der Waals surface area contributed by atoms with Gasteiger partial charge in [0.1, 0.15) is 17.0 Å². The summed E-state index contributed by atoms with van der Waals surface area (Å²) in [7, 11) is 0. The van der Waals surface area contributed by atoms with Crippen LogP contribution in [-0.2, 0) is 23.9 Å². The van der Waals surface area contributed by atoms with E-state index in [1.807, 2.05) is 13.0 Å². The Bertz CT molecular complexity index is 780. The molecule has 1 unspecified atom stereocenters. The summed E-state index contributed by atoms with van der Waals surface area (Å²) >= 11 is 0. The van der Waals surface area contributed by atoms with E-state index in [0.717, 1.165) is 5.56 Å². The van der Waals surface area contributed by atoms with Crippen LogP contribution in [0.15, 0.2) is 23.4 Å². The zero-order valence-electron chi connectivity index (χ0n) is 17.6. The van der Waals surface area contributed by atoms with Crippen LogP contribution < -0.4 is 0 Å². The average Bonchev–Trinajstić information content (AvgIpc) is 2.87. The number of ether oxygens (including phenoxy) is 2. The van der Waals surface area contributed by atoms with Crippen LogP contribution in [0.3, 0.4) is 0 Å². The molecule has 1 heterocycles. The molecule has 1 N–H and O–H groups in total. The second-order valence-corrected chi connectivity index (χ2v) is 9.12. The van der Waals surface area contributed by atoms with Crippen LogP contribution in [0.25, 0.3) is 0 Å². The van der Waals surface area contributed by atoms with Crippen LogP contribution >= 0.6 is 0 Å². The number of carbonyl (C=O) groups excluding carboxylic acids is 2. The normalized spacial score (nSPS) is 19.6. The number of phenols is 1. The van der Waals surface area contributed by atoms with Crippen molar-refractivity contribution in [3.05, 3.63) is 29.3 Å². The van der Waals surface area contributed by atoms with Crippen LogP contribution in [0.4, 0.5) is 0 Å². The lowest BCUT2D eigenvalue weighted by molar-refractivity contribution is -0.188. The third-order valence-electron chi connectivity index (χ3n) is 3.80. The van der Waals surface area contributed by atoms with Crippen LogP contribution in [0.1, 0.15) is 65.5 Å². The fourth-order valence-electron chi connectivity index (χ4n) is 2.82. The molecule has 1 aliphatic heterocycles. The summed E-state index contributed by atoms with van der Waals surface area (Å²) in [5.41, 5.74) is -1.16. The highest BCUT2D eigenvalue weighted by Gasteiger charge is 2.52. The SMILES string of the molecule is Cc1cc(O)cc(C2=NOC(CC(=O)OC(C)(C)C)(C(=O)OC(C)(C)C)C2)c1. The van der Waals surface area contributed by atoms with Crippen molar-refractivity contribution in [2.45, 2.75) is 78.1 Å². The summed E-state index contributed by atoms with van der Waals surface area (Å²) in [6, 6.07) is 4.97. The number of oxime groups is 1. The topological polar surface area (TPSA) is 94.4 Å². The molecule has 0 aliphatic carbocycles. The van der Waals surface area contributed by atoms with E-state index >= 15 is 0 Å². The van der Waals surface area contributed by atoms with Crippen LogP contribution in [0.2, 0.25) is 0 Å². The van der Waals surface area contributed by atoms with Gasteiger partial charge in [-0.05, 0) is 72.2 Å². The highest BCUT2D eigenvalue weighted by atomic mass is 16.7. The maximum Gasteiger partial charge on any atom is 0.354 e. The number of phenolic OH excluding ortho intramolecular Hbond substituents is 1. The lowest BCUT2D eigenvalue weighted by Crippen LogP contribution is -2.46. The molecular formula is C21H29NO6. The minimum Gasteiger partial charge on any atom is -0.508 e.